The van der Waals surface area contributed by atoms with Crippen LogP contribution in [0.5, 0.6) is 5.75 Å². The largest absolute Gasteiger partial charge is 0.495 e. The summed E-state index contributed by atoms with van der Waals surface area (Å²) in [4.78, 5) is 16.2. The minimum absolute atomic E-state index is 0. The predicted molar refractivity (Wildman–Crippen MR) is 92.7 cm³/mol. The SMILES string of the molecule is COc1ccc(C(=O)Nc2ccc(C3CCNC3)cc2)nc1.Cl. The summed E-state index contributed by atoms with van der Waals surface area (Å²) in [6, 6.07) is 11.4. The Labute approximate surface area is 141 Å². The number of carbonyl (C=O) groups excluding carboxylic acids is 1. The Morgan fingerprint density at radius 1 is 1.26 bits per heavy atom. The Balaban J connectivity index is 0.00000192. The van der Waals surface area contributed by atoms with Crippen molar-refractivity contribution in [3.05, 3.63) is 53.9 Å². The van der Waals surface area contributed by atoms with Crippen LogP contribution >= 0.6 is 12.4 Å². The molecular formula is C17H20ClN3O2. The number of hydrogen-bond acceptors (Lipinski definition) is 4. The molecule has 2 heterocycles. The van der Waals surface area contributed by atoms with Gasteiger partial charge in [-0.25, -0.2) is 4.98 Å². The smallest absolute Gasteiger partial charge is 0.274 e. The standard InChI is InChI=1S/C17H19N3O2.ClH/c1-22-15-6-7-16(19-11-15)17(21)20-14-4-2-12(3-5-14)13-8-9-18-10-13;/h2-7,11,13,18H,8-10H2,1H3,(H,20,21);1H. The lowest BCUT2D eigenvalue weighted by atomic mass is 9.98. The van der Waals surface area contributed by atoms with Crippen LogP contribution in [0.15, 0.2) is 42.6 Å². The Morgan fingerprint density at radius 3 is 2.61 bits per heavy atom. The van der Waals surface area contributed by atoms with Crippen LogP contribution in [-0.4, -0.2) is 31.1 Å². The molecule has 1 aliphatic heterocycles. The fourth-order valence-corrected chi connectivity index (χ4v) is 2.61. The molecule has 2 N–H and O–H groups in total. The maximum Gasteiger partial charge on any atom is 0.274 e. The van der Waals surface area contributed by atoms with Gasteiger partial charge in [-0.3, -0.25) is 4.79 Å². The molecule has 1 amide bonds. The molecule has 0 radical (unpaired) electrons. The van der Waals surface area contributed by atoms with Crippen molar-refractivity contribution in [1.29, 1.82) is 0 Å². The highest BCUT2D eigenvalue weighted by molar-refractivity contribution is 6.02. The van der Waals surface area contributed by atoms with Gasteiger partial charge in [0.1, 0.15) is 11.4 Å². The van der Waals surface area contributed by atoms with E-state index in [1.165, 1.54) is 18.2 Å². The molecule has 3 rings (SSSR count). The third kappa shape index (κ3) is 4.21. The minimum atomic E-state index is -0.224. The van der Waals surface area contributed by atoms with Crippen LogP contribution in [0.3, 0.4) is 0 Å². The number of carbonyl (C=O) groups is 1. The molecule has 6 heteroatoms. The summed E-state index contributed by atoms with van der Waals surface area (Å²) in [7, 11) is 1.57. The number of pyridine rings is 1. The van der Waals surface area contributed by atoms with E-state index >= 15 is 0 Å². The summed E-state index contributed by atoms with van der Waals surface area (Å²) in [6.45, 7) is 2.10. The zero-order valence-electron chi connectivity index (χ0n) is 12.9. The second-order valence-corrected chi connectivity index (χ2v) is 5.35. The molecule has 1 atom stereocenters. The number of aromatic nitrogens is 1. The van der Waals surface area contributed by atoms with Crippen molar-refractivity contribution in [2.45, 2.75) is 12.3 Å². The van der Waals surface area contributed by atoms with Gasteiger partial charge in [0.15, 0.2) is 0 Å². The highest BCUT2D eigenvalue weighted by Gasteiger charge is 2.16. The highest BCUT2D eigenvalue weighted by Crippen LogP contribution is 2.23. The van der Waals surface area contributed by atoms with Crippen LogP contribution in [0.1, 0.15) is 28.4 Å². The summed E-state index contributed by atoms with van der Waals surface area (Å²) in [5.74, 6) is 0.983. The Bertz CT molecular complexity index is 638. The number of nitrogens with zero attached hydrogens (tertiary/aromatic N) is 1. The molecule has 23 heavy (non-hydrogen) atoms. The van der Waals surface area contributed by atoms with E-state index in [1.807, 2.05) is 12.1 Å². The molecule has 5 nitrogen and oxygen atoms in total. The number of halogens is 1. The number of rotatable bonds is 4. The summed E-state index contributed by atoms with van der Waals surface area (Å²) in [5.41, 5.74) is 2.45. The van der Waals surface area contributed by atoms with Gasteiger partial charge in [0, 0.05) is 12.2 Å². The van der Waals surface area contributed by atoms with Crippen LogP contribution in [0.25, 0.3) is 0 Å². The van der Waals surface area contributed by atoms with Gasteiger partial charge in [-0.1, -0.05) is 12.1 Å². The number of amides is 1. The van der Waals surface area contributed by atoms with E-state index in [2.05, 4.69) is 27.8 Å². The van der Waals surface area contributed by atoms with Gasteiger partial charge in [-0.05, 0) is 48.7 Å². The summed E-state index contributed by atoms with van der Waals surface area (Å²) < 4.78 is 5.03. The van der Waals surface area contributed by atoms with Crippen LogP contribution in [0.2, 0.25) is 0 Å². The van der Waals surface area contributed by atoms with Crippen molar-refractivity contribution in [3.8, 4) is 5.75 Å². The maximum atomic E-state index is 12.1. The fourth-order valence-electron chi connectivity index (χ4n) is 2.61. The van der Waals surface area contributed by atoms with Crippen molar-refractivity contribution >= 4 is 24.0 Å². The van der Waals surface area contributed by atoms with Crippen molar-refractivity contribution in [2.24, 2.45) is 0 Å². The number of nitrogens with one attached hydrogen (secondary N) is 2. The second-order valence-electron chi connectivity index (χ2n) is 5.35. The maximum absolute atomic E-state index is 12.1. The normalized spacial score (nSPS) is 16.5. The van der Waals surface area contributed by atoms with Gasteiger partial charge in [-0.2, -0.15) is 0 Å². The molecule has 122 valence electrons. The topological polar surface area (TPSA) is 63.2 Å². The highest BCUT2D eigenvalue weighted by atomic mass is 35.5. The molecule has 1 aliphatic rings. The molecule has 0 spiro atoms. The first-order valence-corrected chi connectivity index (χ1v) is 7.38. The lowest BCUT2D eigenvalue weighted by Gasteiger charge is -2.10. The molecule has 1 saturated heterocycles. The number of hydrogen-bond donors (Lipinski definition) is 2. The lowest BCUT2D eigenvalue weighted by molar-refractivity contribution is 0.102. The number of ether oxygens (including phenoxy) is 1. The Kier molecular flexibility index (Phi) is 5.96. The van der Waals surface area contributed by atoms with Crippen molar-refractivity contribution in [1.82, 2.24) is 10.3 Å². The molecule has 1 unspecified atom stereocenters. The van der Waals surface area contributed by atoms with Gasteiger partial charge in [-0.15, -0.1) is 12.4 Å². The number of anilines is 1. The van der Waals surface area contributed by atoms with Crippen molar-refractivity contribution in [3.63, 3.8) is 0 Å². The van der Waals surface area contributed by atoms with Gasteiger partial charge in [0.25, 0.3) is 5.91 Å². The zero-order chi connectivity index (χ0) is 15.4. The first-order valence-electron chi connectivity index (χ1n) is 7.38. The van der Waals surface area contributed by atoms with E-state index in [0.29, 0.717) is 17.4 Å². The first kappa shape index (κ1) is 17.2. The van der Waals surface area contributed by atoms with E-state index in [9.17, 15) is 4.79 Å². The van der Waals surface area contributed by atoms with Crippen molar-refractivity contribution < 1.29 is 9.53 Å². The molecule has 1 aromatic heterocycles. The Hall–Kier alpha value is -2.11. The van der Waals surface area contributed by atoms with Crippen molar-refractivity contribution in [2.75, 3.05) is 25.5 Å². The molecule has 0 bridgehead atoms. The quantitative estimate of drug-likeness (QED) is 0.903. The third-order valence-corrected chi connectivity index (χ3v) is 3.90. The zero-order valence-corrected chi connectivity index (χ0v) is 13.7. The van der Waals surface area contributed by atoms with Gasteiger partial charge >= 0.3 is 0 Å². The van der Waals surface area contributed by atoms with E-state index < -0.39 is 0 Å². The van der Waals surface area contributed by atoms with Crippen LogP contribution in [0, 0.1) is 0 Å². The van der Waals surface area contributed by atoms with Crippen LogP contribution in [-0.2, 0) is 0 Å². The molecular weight excluding hydrogens is 314 g/mol. The van der Waals surface area contributed by atoms with E-state index in [0.717, 1.165) is 18.8 Å². The molecule has 1 fully saturated rings. The van der Waals surface area contributed by atoms with Gasteiger partial charge < -0.3 is 15.4 Å². The van der Waals surface area contributed by atoms with E-state index in [-0.39, 0.29) is 18.3 Å². The first-order chi connectivity index (χ1) is 10.8. The average Bonchev–Trinajstić information content (AvgIpc) is 3.10. The van der Waals surface area contributed by atoms with E-state index in [1.54, 1.807) is 19.2 Å². The van der Waals surface area contributed by atoms with Crippen LogP contribution in [0.4, 0.5) is 5.69 Å². The molecule has 0 aliphatic carbocycles. The fraction of sp³-hybridized carbons (Fsp3) is 0.294. The third-order valence-electron chi connectivity index (χ3n) is 3.90. The predicted octanol–water partition coefficient (Wildman–Crippen LogP) is 2.84. The Morgan fingerprint density at radius 2 is 2.04 bits per heavy atom. The monoisotopic (exact) mass is 333 g/mol. The molecule has 2 aromatic rings. The summed E-state index contributed by atoms with van der Waals surface area (Å²) in [6.07, 6.45) is 2.70. The number of methoxy groups -OCH3 is 1. The number of benzene rings is 1. The molecule has 0 saturated carbocycles. The van der Waals surface area contributed by atoms with Crippen LogP contribution < -0.4 is 15.4 Å². The van der Waals surface area contributed by atoms with E-state index in [4.69, 9.17) is 4.74 Å². The lowest BCUT2D eigenvalue weighted by Crippen LogP contribution is -2.13. The minimum Gasteiger partial charge on any atom is -0.495 e. The molecule has 1 aromatic carbocycles. The summed E-state index contributed by atoms with van der Waals surface area (Å²) >= 11 is 0. The summed E-state index contributed by atoms with van der Waals surface area (Å²) in [5, 5.41) is 6.22. The van der Waals surface area contributed by atoms with Gasteiger partial charge in [0.2, 0.25) is 0 Å². The van der Waals surface area contributed by atoms with Gasteiger partial charge in [0.05, 0.1) is 13.3 Å². The second kappa shape index (κ2) is 7.94. The average molecular weight is 334 g/mol.